The van der Waals surface area contributed by atoms with Gasteiger partial charge < -0.3 is 20.4 Å². The molecule has 0 unspecified atom stereocenters. The SMILES string of the molecule is O=C(Nc1ccccc1)Nc1cc(N2CCCC2)ccc1N1CCCC1. The van der Waals surface area contributed by atoms with Crippen molar-refractivity contribution in [3.8, 4) is 0 Å². The van der Waals surface area contributed by atoms with Crippen molar-refractivity contribution < 1.29 is 4.79 Å². The van der Waals surface area contributed by atoms with Crippen LogP contribution in [0.2, 0.25) is 0 Å². The predicted molar refractivity (Wildman–Crippen MR) is 108 cm³/mol. The number of rotatable bonds is 4. The molecule has 5 nitrogen and oxygen atoms in total. The molecule has 2 amide bonds. The van der Waals surface area contributed by atoms with E-state index in [1.54, 1.807) is 0 Å². The summed E-state index contributed by atoms with van der Waals surface area (Å²) in [5.41, 5.74) is 4.00. The average Bonchev–Trinajstić information content (AvgIpc) is 3.36. The van der Waals surface area contributed by atoms with E-state index in [2.05, 4.69) is 38.6 Å². The fourth-order valence-electron chi connectivity index (χ4n) is 3.84. The number of anilines is 4. The van der Waals surface area contributed by atoms with Crippen molar-refractivity contribution in [1.82, 2.24) is 0 Å². The highest BCUT2D eigenvalue weighted by Gasteiger charge is 2.20. The van der Waals surface area contributed by atoms with Crippen LogP contribution in [0, 0.1) is 0 Å². The van der Waals surface area contributed by atoms with Crippen molar-refractivity contribution in [2.45, 2.75) is 25.7 Å². The molecule has 0 saturated carbocycles. The first-order valence-corrected chi connectivity index (χ1v) is 9.56. The zero-order chi connectivity index (χ0) is 17.8. The number of nitrogens with one attached hydrogen (secondary N) is 2. The van der Waals surface area contributed by atoms with Crippen LogP contribution >= 0.6 is 0 Å². The van der Waals surface area contributed by atoms with Gasteiger partial charge in [-0.05, 0) is 56.0 Å². The maximum atomic E-state index is 12.5. The van der Waals surface area contributed by atoms with E-state index in [1.165, 1.54) is 31.4 Å². The van der Waals surface area contributed by atoms with E-state index in [4.69, 9.17) is 0 Å². The van der Waals surface area contributed by atoms with Crippen molar-refractivity contribution >= 4 is 28.8 Å². The standard InChI is InChI=1S/C21H26N4O/c26-21(22-17-8-2-1-3-9-17)23-19-16-18(24-12-4-5-13-24)10-11-20(19)25-14-6-7-15-25/h1-3,8-11,16H,4-7,12-15H2,(H2,22,23,26). The second-order valence-electron chi connectivity index (χ2n) is 7.03. The molecule has 2 aliphatic heterocycles. The van der Waals surface area contributed by atoms with Crippen LogP contribution in [0.15, 0.2) is 48.5 Å². The number of carbonyl (C=O) groups is 1. The van der Waals surface area contributed by atoms with Gasteiger partial charge in [0.1, 0.15) is 0 Å². The quantitative estimate of drug-likeness (QED) is 0.851. The van der Waals surface area contributed by atoms with Crippen LogP contribution < -0.4 is 20.4 Å². The van der Waals surface area contributed by atoms with E-state index in [1.807, 2.05) is 30.3 Å². The number of carbonyl (C=O) groups excluding carboxylic acids is 1. The Balaban J connectivity index is 1.56. The fourth-order valence-corrected chi connectivity index (χ4v) is 3.84. The topological polar surface area (TPSA) is 47.6 Å². The summed E-state index contributed by atoms with van der Waals surface area (Å²) >= 11 is 0. The van der Waals surface area contributed by atoms with Crippen LogP contribution in [0.5, 0.6) is 0 Å². The number of nitrogens with zero attached hydrogens (tertiary/aromatic N) is 2. The van der Waals surface area contributed by atoms with Crippen molar-refractivity contribution in [3.05, 3.63) is 48.5 Å². The predicted octanol–water partition coefficient (Wildman–Crippen LogP) is 4.53. The maximum Gasteiger partial charge on any atom is 0.323 e. The van der Waals surface area contributed by atoms with Gasteiger partial charge in [0.15, 0.2) is 0 Å². The van der Waals surface area contributed by atoms with Gasteiger partial charge in [-0.3, -0.25) is 0 Å². The number of urea groups is 1. The minimum Gasteiger partial charge on any atom is -0.371 e. The zero-order valence-corrected chi connectivity index (χ0v) is 15.1. The van der Waals surface area contributed by atoms with Crippen LogP contribution in [0.25, 0.3) is 0 Å². The summed E-state index contributed by atoms with van der Waals surface area (Å²) in [6.07, 6.45) is 4.91. The van der Waals surface area contributed by atoms with Crippen LogP contribution in [0.3, 0.4) is 0 Å². The lowest BCUT2D eigenvalue weighted by Crippen LogP contribution is -2.24. The molecule has 0 aromatic heterocycles. The molecule has 136 valence electrons. The van der Waals surface area contributed by atoms with Gasteiger partial charge in [0.05, 0.1) is 11.4 Å². The van der Waals surface area contributed by atoms with Crippen LogP contribution in [0.4, 0.5) is 27.5 Å². The minimum absolute atomic E-state index is 0.199. The van der Waals surface area contributed by atoms with Crippen LogP contribution in [0.1, 0.15) is 25.7 Å². The molecular formula is C21H26N4O. The van der Waals surface area contributed by atoms with Crippen molar-refractivity contribution in [1.29, 1.82) is 0 Å². The second-order valence-corrected chi connectivity index (χ2v) is 7.03. The van der Waals surface area contributed by atoms with E-state index in [9.17, 15) is 4.79 Å². The normalized spacial score (nSPS) is 16.8. The summed E-state index contributed by atoms with van der Waals surface area (Å²) in [5.74, 6) is 0. The van der Waals surface area contributed by atoms with Gasteiger partial charge in [0.2, 0.25) is 0 Å². The minimum atomic E-state index is -0.199. The van der Waals surface area contributed by atoms with Gasteiger partial charge in [-0.25, -0.2) is 4.79 Å². The van der Waals surface area contributed by atoms with Gasteiger partial charge in [-0.1, -0.05) is 18.2 Å². The lowest BCUT2D eigenvalue weighted by Gasteiger charge is -2.25. The summed E-state index contributed by atoms with van der Waals surface area (Å²) < 4.78 is 0. The first-order chi connectivity index (χ1) is 12.8. The monoisotopic (exact) mass is 350 g/mol. The number of hydrogen-bond acceptors (Lipinski definition) is 3. The Kier molecular flexibility index (Phi) is 4.95. The first kappa shape index (κ1) is 16.8. The van der Waals surface area contributed by atoms with Gasteiger partial charge in [0, 0.05) is 37.6 Å². The lowest BCUT2D eigenvalue weighted by molar-refractivity contribution is 0.262. The molecule has 5 heteroatoms. The van der Waals surface area contributed by atoms with Gasteiger partial charge in [-0.2, -0.15) is 0 Å². The number of para-hydroxylation sites is 1. The van der Waals surface area contributed by atoms with Gasteiger partial charge >= 0.3 is 6.03 Å². The van der Waals surface area contributed by atoms with Crippen molar-refractivity contribution in [3.63, 3.8) is 0 Å². The van der Waals surface area contributed by atoms with E-state index >= 15 is 0 Å². The van der Waals surface area contributed by atoms with Crippen LogP contribution in [-0.4, -0.2) is 32.2 Å². The van der Waals surface area contributed by atoms with Gasteiger partial charge in [0.25, 0.3) is 0 Å². The summed E-state index contributed by atoms with van der Waals surface area (Å²) in [5, 5.41) is 6.00. The second kappa shape index (κ2) is 7.68. The van der Waals surface area contributed by atoms with Crippen LogP contribution in [-0.2, 0) is 0 Å². The van der Waals surface area contributed by atoms with Crippen molar-refractivity contribution in [2.24, 2.45) is 0 Å². The molecule has 2 fully saturated rings. The molecule has 2 heterocycles. The molecule has 4 rings (SSSR count). The first-order valence-electron chi connectivity index (χ1n) is 9.56. The Bertz CT molecular complexity index is 750. The molecule has 2 N–H and O–H groups in total. The third-order valence-corrected chi connectivity index (χ3v) is 5.18. The largest absolute Gasteiger partial charge is 0.371 e. The third kappa shape index (κ3) is 3.77. The zero-order valence-electron chi connectivity index (χ0n) is 15.1. The Morgan fingerprint density at radius 3 is 2.12 bits per heavy atom. The van der Waals surface area contributed by atoms with E-state index in [0.29, 0.717) is 0 Å². The molecule has 0 atom stereocenters. The molecule has 2 aromatic rings. The van der Waals surface area contributed by atoms with E-state index in [0.717, 1.165) is 43.2 Å². The summed E-state index contributed by atoms with van der Waals surface area (Å²) in [6.45, 7) is 4.30. The highest BCUT2D eigenvalue weighted by Crippen LogP contribution is 2.34. The molecule has 2 aromatic carbocycles. The highest BCUT2D eigenvalue weighted by molar-refractivity contribution is 6.02. The molecular weight excluding hydrogens is 324 g/mol. The smallest absolute Gasteiger partial charge is 0.323 e. The maximum absolute atomic E-state index is 12.5. The Morgan fingerprint density at radius 2 is 1.42 bits per heavy atom. The Hall–Kier alpha value is -2.69. The molecule has 0 radical (unpaired) electrons. The number of hydrogen-bond donors (Lipinski definition) is 2. The highest BCUT2D eigenvalue weighted by atomic mass is 16.2. The van der Waals surface area contributed by atoms with Crippen molar-refractivity contribution in [2.75, 3.05) is 46.6 Å². The molecule has 0 aliphatic carbocycles. The lowest BCUT2D eigenvalue weighted by atomic mass is 10.2. The summed E-state index contributed by atoms with van der Waals surface area (Å²) in [7, 11) is 0. The molecule has 0 bridgehead atoms. The molecule has 2 aliphatic rings. The van der Waals surface area contributed by atoms with E-state index in [-0.39, 0.29) is 6.03 Å². The number of benzene rings is 2. The summed E-state index contributed by atoms with van der Waals surface area (Å²) in [4.78, 5) is 17.3. The number of amides is 2. The van der Waals surface area contributed by atoms with Gasteiger partial charge in [-0.15, -0.1) is 0 Å². The average molecular weight is 350 g/mol. The fraction of sp³-hybridized carbons (Fsp3) is 0.381. The third-order valence-electron chi connectivity index (χ3n) is 5.18. The van der Waals surface area contributed by atoms with E-state index < -0.39 is 0 Å². The molecule has 2 saturated heterocycles. The Labute approximate surface area is 155 Å². The Morgan fingerprint density at radius 1 is 0.769 bits per heavy atom. The molecule has 0 spiro atoms. The molecule has 26 heavy (non-hydrogen) atoms. The summed E-state index contributed by atoms with van der Waals surface area (Å²) in [6, 6.07) is 15.8.